The molecular formula is C49H53BN2O3. The van der Waals surface area contributed by atoms with Crippen molar-refractivity contribution >= 4 is 68.4 Å². The van der Waals surface area contributed by atoms with Gasteiger partial charge in [-0.05, 0) is 124 Å². The minimum atomic E-state index is -0.112. The van der Waals surface area contributed by atoms with Crippen molar-refractivity contribution in [3.63, 3.8) is 0 Å². The fraction of sp³-hybridized carbons (Fsp3) is 0.347. The smallest absolute Gasteiger partial charge is 0.257 e. The van der Waals surface area contributed by atoms with Crippen molar-refractivity contribution < 1.29 is 13.9 Å². The van der Waals surface area contributed by atoms with Crippen LogP contribution in [0.4, 0.5) is 34.3 Å². The minimum absolute atomic E-state index is 0.0232. The zero-order valence-electron chi connectivity index (χ0n) is 34.8. The van der Waals surface area contributed by atoms with Crippen LogP contribution in [0.5, 0.6) is 11.5 Å². The maximum Gasteiger partial charge on any atom is 0.257 e. The number of nitrogens with zero attached hydrogens (tertiary/aromatic N) is 2. The zero-order chi connectivity index (χ0) is 39.1. The third kappa shape index (κ3) is 5.34. The molecular weight excluding hydrogens is 675 g/mol. The molecule has 280 valence electrons. The van der Waals surface area contributed by atoms with Gasteiger partial charge in [0.05, 0.1) is 11.4 Å². The molecule has 0 fully saturated rings. The number of hydrogen-bond acceptors (Lipinski definition) is 5. The predicted octanol–water partition coefficient (Wildman–Crippen LogP) is 11.4. The van der Waals surface area contributed by atoms with Crippen molar-refractivity contribution in [1.29, 1.82) is 0 Å². The van der Waals surface area contributed by atoms with Crippen molar-refractivity contribution in [2.45, 2.75) is 106 Å². The lowest BCUT2D eigenvalue weighted by Crippen LogP contribution is -2.61. The number of rotatable bonds is 2. The lowest BCUT2D eigenvalue weighted by atomic mass is 9.33. The molecule has 0 spiro atoms. The summed E-state index contributed by atoms with van der Waals surface area (Å²) >= 11 is 0. The Balaban J connectivity index is 1.41. The highest BCUT2D eigenvalue weighted by molar-refractivity contribution is 7.01. The molecule has 0 unspecified atom stereocenters. The summed E-state index contributed by atoms with van der Waals surface area (Å²) < 4.78 is 19.4. The number of ether oxygens (including phenoxy) is 2. The first-order valence-electron chi connectivity index (χ1n) is 19.8. The summed E-state index contributed by atoms with van der Waals surface area (Å²) in [5.74, 6) is 2.44. The Morgan fingerprint density at radius 3 is 1.58 bits per heavy atom. The Morgan fingerprint density at radius 1 is 0.527 bits per heavy atom. The van der Waals surface area contributed by atoms with Gasteiger partial charge in [0.15, 0.2) is 11.5 Å². The van der Waals surface area contributed by atoms with Gasteiger partial charge in [-0.25, -0.2) is 0 Å². The van der Waals surface area contributed by atoms with Gasteiger partial charge in [0.1, 0.15) is 5.58 Å². The highest BCUT2D eigenvalue weighted by Gasteiger charge is 2.48. The second kappa shape index (κ2) is 11.7. The van der Waals surface area contributed by atoms with Gasteiger partial charge >= 0.3 is 0 Å². The Hall–Kier alpha value is -5.10. The Morgan fingerprint density at radius 2 is 1.04 bits per heavy atom. The van der Waals surface area contributed by atoms with Crippen LogP contribution in [0.1, 0.15) is 101 Å². The van der Waals surface area contributed by atoms with Crippen LogP contribution in [0, 0.1) is 27.7 Å². The number of fused-ring (bicyclic) bond motifs is 7. The maximum atomic E-state index is 7.14. The Kier molecular flexibility index (Phi) is 7.58. The quantitative estimate of drug-likeness (QED) is 0.166. The second-order valence-electron chi connectivity index (χ2n) is 19.3. The van der Waals surface area contributed by atoms with Crippen LogP contribution in [0.15, 0.2) is 77.2 Å². The van der Waals surface area contributed by atoms with Crippen LogP contribution in [0.3, 0.4) is 0 Å². The maximum absolute atomic E-state index is 7.14. The van der Waals surface area contributed by atoms with Crippen LogP contribution < -0.4 is 35.7 Å². The normalized spacial score (nSPS) is 14.7. The van der Waals surface area contributed by atoms with Crippen molar-refractivity contribution in [3.8, 4) is 11.5 Å². The van der Waals surface area contributed by atoms with Crippen LogP contribution >= 0.6 is 0 Å². The summed E-state index contributed by atoms with van der Waals surface area (Å²) in [7, 11) is 0. The summed E-state index contributed by atoms with van der Waals surface area (Å²) in [4.78, 5) is 4.93. The largest absolute Gasteiger partial charge is 0.454 e. The van der Waals surface area contributed by atoms with Gasteiger partial charge in [0.25, 0.3) is 6.71 Å². The van der Waals surface area contributed by atoms with E-state index in [0.29, 0.717) is 0 Å². The summed E-state index contributed by atoms with van der Waals surface area (Å²) in [6, 6.07) is 27.6. The third-order valence-corrected chi connectivity index (χ3v) is 12.1. The van der Waals surface area contributed by atoms with E-state index in [0.717, 1.165) is 39.7 Å². The molecule has 0 amide bonds. The fourth-order valence-electron chi connectivity index (χ4n) is 9.25. The molecule has 55 heavy (non-hydrogen) atoms. The lowest BCUT2D eigenvalue weighted by molar-refractivity contribution is 0.174. The Bertz CT molecular complexity index is 2550. The molecule has 6 heteroatoms. The minimum Gasteiger partial charge on any atom is -0.454 e. The standard InChI is InChI=1S/C49H53BN2O3/c1-27-19-32(48(8,9)10)20-28(2)44(27)51-36-15-14-16-37-43(36)50(35-24-40-41(25-38(35)51)54-26-53-40)42-34-23-31(47(5,6)7)17-18-39(34)55-46(42)52(37)45-29(3)21-33(22-30(45)4)49(11,12)13/h14-25H,26H2,1-13H3. The summed E-state index contributed by atoms with van der Waals surface area (Å²) in [5, 5.41) is 1.15. The van der Waals surface area contributed by atoms with Gasteiger partial charge in [-0.1, -0.05) is 98.7 Å². The molecule has 0 N–H and O–H groups in total. The van der Waals surface area contributed by atoms with Crippen LogP contribution in [0.25, 0.3) is 11.0 Å². The van der Waals surface area contributed by atoms with Gasteiger partial charge in [-0.3, -0.25) is 4.90 Å². The number of furan rings is 1. The number of anilines is 6. The fourth-order valence-corrected chi connectivity index (χ4v) is 9.25. The van der Waals surface area contributed by atoms with Crippen LogP contribution in [0.2, 0.25) is 0 Å². The van der Waals surface area contributed by atoms with Gasteiger partial charge in [0, 0.05) is 34.0 Å². The van der Waals surface area contributed by atoms with E-state index >= 15 is 0 Å². The lowest BCUT2D eigenvalue weighted by Gasteiger charge is -2.43. The molecule has 5 nitrogen and oxygen atoms in total. The van der Waals surface area contributed by atoms with Crippen LogP contribution in [-0.4, -0.2) is 13.5 Å². The van der Waals surface area contributed by atoms with E-state index < -0.39 is 0 Å². The van der Waals surface area contributed by atoms with E-state index in [1.54, 1.807) is 0 Å². The van der Waals surface area contributed by atoms with E-state index in [9.17, 15) is 0 Å². The molecule has 4 heterocycles. The Labute approximate surface area is 327 Å². The average Bonchev–Trinajstić information content (AvgIpc) is 3.71. The van der Waals surface area contributed by atoms with E-state index in [1.165, 1.54) is 72.4 Å². The van der Waals surface area contributed by atoms with E-state index in [-0.39, 0.29) is 29.8 Å². The topological polar surface area (TPSA) is 38.1 Å². The third-order valence-electron chi connectivity index (χ3n) is 12.1. The summed E-state index contributed by atoms with van der Waals surface area (Å²) in [6.45, 7) is 29.7. The highest BCUT2D eigenvalue weighted by Crippen LogP contribution is 2.50. The zero-order valence-corrected chi connectivity index (χ0v) is 34.8. The molecule has 3 aliphatic heterocycles. The van der Waals surface area contributed by atoms with Crippen LogP contribution in [-0.2, 0) is 16.2 Å². The molecule has 9 rings (SSSR count). The molecule has 0 radical (unpaired) electrons. The van der Waals surface area contributed by atoms with Crippen molar-refractivity contribution in [3.05, 3.63) is 112 Å². The monoisotopic (exact) mass is 728 g/mol. The molecule has 3 aliphatic rings. The molecule has 0 atom stereocenters. The van der Waals surface area contributed by atoms with Gasteiger partial charge in [-0.15, -0.1) is 0 Å². The van der Waals surface area contributed by atoms with Crippen molar-refractivity contribution in [2.24, 2.45) is 0 Å². The SMILES string of the molecule is Cc1cc(C(C)(C)C)cc(C)c1N1c2cc3c(cc2B2c4c1cccc4N(c1c(C)cc(C(C)(C)C)cc1C)c1oc4ccc(C(C)(C)C)cc4c12)OCO3. The van der Waals surface area contributed by atoms with E-state index in [2.05, 4.69) is 173 Å². The number of aryl methyl sites for hydroxylation is 4. The average molecular weight is 729 g/mol. The second-order valence-corrected chi connectivity index (χ2v) is 19.3. The van der Waals surface area contributed by atoms with E-state index in [4.69, 9.17) is 13.9 Å². The molecule has 0 bridgehead atoms. The molecule has 6 aromatic rings. The molecule has 5 aromatic carbocycles. The van der Waals surface area contributed by atoms with E-state index in [1.807, 2.05) is 0 Å². The molecule has 0 aliphatic carbocycles. The first-order valence-corrected chi connectivity index (χ1v) is 19.8. The highest BCUT2D eigenvalue weighted by atomic mass is 16.7. The number of benzene rings is 5. The first kappa shape index (κ1) is 35.6. The molecule has 0 saturated heterocycles. The number of hydrogen-bond donors (Lipinski definition) is 0. The molecule has 0 saturated carbocycles. The van der Waals surface area contributed by atoms with Crippen molar-refractivity contribution in [2.75, 3.05) is 16.6 Å². The van der Waals surface area contributed by atoms with Gasteiger partial charge < -0.3 is 18.8 Å². The molecule has 1 aromatic heterocycles. The first-order chi connectivity index (χ1) is 25.8. The summed E-state index contributed by atoms with van der Waals surface area (Å²) in [5.41, 5.74) is 19.2. The van der Waals surface area contributed by atoms with Crippen molar-refractivity contribution in [1.82, 2.24) is 0 Å². The predicted molar refractivity (Wildman–Crippen MR) is 231 cm³/mol. The summed E-state index contributed by atoms with van der Waals surface area (Å²) in [6.07, 6.45) is 0. The van der Waals surface area contributed by atoms with Gasteiger partial charge in [0.2, 0.25) is 12.7 Å². The van der Waals surface area contributed by atoms with Gasteiger partial charge in [-0.2, -0.15) is 0 Å².